The Morgan fingerprint density at radius 2 is 1.17 bits per heavy atom. The van der Waals surface area contributed by atoms with Gasteiger partial charge in [-0.15, -0.1) is 11.1 Å². The molecule has 6 rings (SSSR count). The first-order valence-corrected chi connectivity index (χ1v) is 19.3. The van der Waals surface area contributed by atoms with Gasteiger partial charge in [0.25, 0.3) is 0 Å². The van der Waals surface area contributed by atoms with Gasteiger partial charge < -0.3 is 24.8 Å². The molecular formula is C38H40Cl2SiZr-2. The van der Waals surface area contributed by atoms with Crippen LogP contribution in [0.4, 0.5) is 0 Å². The molecule has 0 aliphatic heterocycles. The van der Waals surface area contributed by atoms with Crippen LogP contribution in [-0.2, 0) is 40.6 Å². The van der Waals surface area contributed by atoms with Gasteiger partial charge in [0.15, 0.2) is 0 Å². The van der Waals surface area contributed by atoms with Gasteiger partial charge in [-0.25, -0.2) is 12.1 Å². The van der Waals surface area contributed by atoms with E-state index in [1.807, 2.05) is 30.3 Å². The molecule has 0 saturated heterocycles. The molecule has 5 aromatic carbocycles. The van der Waals surface area contributed by atoms with Crippen molar-refractivity contribution in [1.82, 2.24) is 0 Å². The van der Waals surface area contributed by atoms with Gasteiger partial charge in [-0.3, -0.25) is 0 Å². The molecular weight excluding hydrogens is 647 g/mol. The fraction of sp³-hybridized carbons (Fsp3) is 0.237. The molecule has 1 aliphatic carbocycles. The molecule has 0 fully saturated rings. The van der Waals surface area contributed by atoms with Crippen molar-refractivity contribution in [3.63, 3.8) is 0 Å². The van der Waals surface area contributed by atoms with Crippen molar-refractivity contribution >= 4 is 15.8 Å². The van der Waals surface area contributed by atoms with E-state index in [1.54, 1.807) is 23.3 Å². The molecule has 4 heteroatoms. The quantitative estimate of drug-likeness (QED) is 0.194. The molecule has 42 heavy (non-hydrogen) atoms. The van der Waals surface area contributed by atoms with E-state index >= 15 is 0 Å². The third kappa shape index (κ3) is 9.72. The normalized spacial score (nSPS) is 11.2. The van der Waals surface area contributed by atoms with Gasteiger partial charge in [0.05, 0.1) is 0 Å². The Kier molecular flexibility index (Phi) is 13.9. The maximum atomic E-state index is 3.67. The fourth-order valence-corrected chi connectivity index (χ4v) is 8.57. The van der Waals surface area contributed by atoms with Crippen LogP contribution in [0.25, 0.3) is 11.1 Å². The average Bonchev–Trinajstić information content (AvgIpc) is 3.64. The zero-order chi connectivity index (χ0) is 28.8. The van der Waals surface area contributed by atoms with Crippen molar-refractivity contribution < 1.29 is 48.1 Å². The van der Waals surface area contributed by atoms with E-state index in [2.05, 4.69) is 139 Å². The Morgan fingerprint density at radius 3 is 1.62 bits per heavy atom. The molecule has 0 spiro atoms. The third-order valence-corrected chi connectivity index (χ3v) is 13.2. The maximum absolute atomic E-state index is 3.67. The molecule has 0 atom stereocenters. The molecule has 0 radical (unpaired) electrons. The summed E-state index contributed by atoms with van der Waals surface area (Å²) in [6.45, 7) is 13.6. The summed E-state index contributed by atoms with van der Waals surface area (Å²) in [6, 6.07) is 46.8. The molecule has 0 heterocycles. The van der Waals surface area contributed by atoms with E-state index in [9.17, 15) is 0 Å². The topological polar surface area (TPSA) is 0 Å². The molecule has 216 valence electrons. The standard InChI is InChI=1S/C21H25.C12H10Si.C5H5.2ClH.Zr/c1-20(2,3)16-7-9-18-14(12-16)11-15-13-17(21(4,5)6)8-10-19(15)18;1-3-7-11(8-4-1)13-12-9-5-2-6-10-12;1-2-4-5-3-1;;;/h7-10,12H,11H2,1-6H3;1-10H;1-5H;2*1H;/q-1;;-1;;;+2/p-2. The number of rotatable bonds is 2. The fourth-order valence-electron chi connectivity index (χ4n) is 4.72. The van der Waals surface area contributed by atoms with E-state index in [4.69, 9.17) is 0 Å². The van der Waals surface area contributed by atoms with Crippen molar-refractivity contribution in [2.75, 3.05) is 0 Å². The van der Waals surface area contributed by atoms with Gasteiger partial charge in [-0.2, -0.15) is 42.0 Å². The Hall–Kier alpha value is -2.09. The van der Waals surface area contributed by atoms with Crippen LogP contribution in [0.2, 0.25) is 0 Å². The zero-order valence-electron chi connectivity index (χ0n) is 25.5. The van der Waals surface area contributed by atoms with Crippen LogP contribution in [-0.4, -0.2) is 5.43 Å². The number of benzene rings is 4. The van der Waals surface area contributed by atoms with Gasteiger partial charge in [-0.1, -0.05) is 65.3 Å². The molecule has 0 unspecified atom stereocenters. The number of hydrogen-bond acceptors (Lipinski definition) is 0. The Bertz CT molecular complexity index is 1410. The van der Waals surface area contributed by atoms with Gasteiger partial charge in [0, 0.05) is 0 Å². The molecule has 0 nitrogen and oxygen atoms in total. The minimum Gasteiger partial charge on any atom is -0.214 e. The van der Waals surface area contributed by atoms with Crippen molar-refractivity contribution in [2.24, 2.45) is 0 Å². The van der Waals surface area contributed by atoms with Crippen molar-refractivity contribution in [2.45, 2.75) is 58.8 Å². The van der Waals surface area contributed by atoms with E-state index in [-0.39, 0.29) is 35.6 Å². The maximum Gasteiger partial charge on any atom is -0.172 e. The van der Waals surface area contributed by atoms with Gasteiger partial charge in [0.2, 0.25) is 0 Å². The monoisotopic (exact) mass is 684 g/mol. The van der Waals surface area contributed by atoms with Crippen LogP contribution >= 0.6 is 0 Å². The number of hydrogen-bond donors (Lipinski definition) is 0. The van der Waals surface area contributed by atoms with Crippen LogP contribution in [0.15, 0.2) is 121 Å². The van der Waals surface area contributed by atoms with Crippen molar-refractivity contribution in [3.8, 4) is 11.1 Å². The van der Waals surface area contributed by atoms with E-state index < -0.39 is 5.43 Å². The SMILES string of the molecule is CC(C)(C)c1[c-]c2c(cc1)-c1ccc(C(C)(C)C)cc1C2.[Cl-].[Cl-].[Zr+2]=[Si](c1ccccc1)c1ccccc1.c1cc[cH-]c1. The Balaban J connectivity index is 0.000000253. The summed E-state index contributed by atoms with van der Waals surface area (Å²) >= 11 is 1.64. The molecule has 5 aromatic rings. The molecule has 0 saturated carbocycles. The first kappa shape index (κ1) is 36.1. The second-order valence-electron chi connectivity index (χ2n) is 12.4. The van der Waals surface area contributed by atoms with Crippen LogP contribution in [0, 0.1) is 6.07 Å². The summed E-state index contributed by atoms with van der Waals surface area (Å²) in [4.78, 5) is 0. The average molecular weight is 687 g/mol. The summed E-state index contributed by atoms with van der Waals surface area (Å²) in [6.07, 6.45) is 1.03. The summed E-state index contributed by atoms with van der Waals surface area (Å²) < 4.78 is 0. The van der Waals surface area contributed by atoms with Crippen LogP contribution in [0.1, 0.15) is 63.8 Å². The van der Waals surface area contributed by atoms with E-state index in [0.717, 1.165) is 6.42 Å². The van der Waals surface area contributed by atoms with Gasteiger partial charge in [-0.05, 0) is 28.4 Å². The number of fused-ring (bicyclic) bond motifs is 3. The van der Waals surface area contributed by atoms with Crippen molar-refractivity contribution in [1.29, 1.82) is 0 Å². The molecule has 0 bridgehead atoms. The summed E-state index contributed by atoms with van der Waals surface area (Å²) in [5.41, 5.74) is 8.25. The smallest absolute Gasteiger partial charge is 0.172 e. The second-order valence-corrected chi connectivity index (χ2v) is 18.0. The van der Waals surface area contributed by atoms with Crippen LogP contribution in [0.3, 0.4) is 0 Å². The Labute approximate surface area is 281 Å². The molecule has 0 aromatic heterocycles. The molecule has 0 N–H and O–H groups in total. The summed E-state index contributed by atoms with van der Waals surface area (Å²) in [5, 5.41) is 3.03. The molecule has 0 amide bonds. The van der Waals surface area contributed by atoms with Crippen LogP contribution in [0.5, 0.6) is 0 Å². The van der Waals surface area contributed by atoms with Crippen LogP contribution < -0.4 is 35.2 Å². The largest absolute Gasteiger partial charge is 0.214 e. The van der Waals surface area contributed by atoms with E-state index in [0.29, 0.717) is 0 Å². The zero-order valence-corrected chi connectivity index (χ0v) is 30.5. The first-order chi connectivity index (χ1) is 19.0. The molecule has 1 aliphatic rings. The van der Waals surface area contributed by atoms with E-state index in [1.165, 1.54) is 43.8 Å². The summed E-state index contributed by atoms with van der Waals surface area (Å²) in [7, 11) is 0. The first-order valence-electron chi connectivity index (χ1n) is 14.1. The predicted octanol–water partition coefficient (Wildman–Crippen LogP) is 2.41. The minimum absolute atomic E-state index is 0. The minimum atomic E-state index is -0.455. The second kappa shape index (κ2) is 16.1. The van der Waals surface area contributed by atoms with Gasteiger partial charge >= 0.3 is 99.8 Å². The number of halogens is 2. The third-order valence-electron chi connectivity index (χ3n) is 7.14. The predicted molar refractivity (Wildman–Crippen MR) is 171 cm³/mol. The van der Waals surface area contributed by atoms with Crippen molar-refractivity contribution in [3.05, 3.63) is 150 Å². The summed E-state index contributed by atoms with van der Waals surface area (Å²) in [5.74, 6) is 0. The Morgan fingerprint density at radius 1 is 0.643 bits per heavy atom. The van der Waals surface area contributed by atoms with Gasteiger partial charge in [0.1, 0.15) is 0 Å².